The fourth-order valence-electron chi connectivity index (χ4n) is 3.75. The van der Waals surface area contributed by atoms with Crippen LogP contribution in [0.3, 0.4) is 0 Å². The van der Waals surface area contributed by atoms with Gasteiger partial charge in [0.15, 0.2) is 5.85 Å². The number of anilines is 2. The topological polar surface area (TPSA) is 53.0 Å². The minimum atomic E-state index is -3.52. The Bertz CT molecular complexity index is 828. The second-order valence-electron chi connectivity index (χ2n) is 8.23. The molecule has 1 N–H and O–H groups in total. The molecule has 1 aliphatic carbocycles. The van der Waals surface area contributed by atoms with Crippen LogP contribution in [-0.2, 0) is 9.09 Å². The first-order valence-electron chi connectivity index (χ1n) is 10.3. The molecular weight excluding hydrogens is 383 g/mol. The van der Waals surface area contributed by atoms with Crippen molar-refractivity contribution in [2.45, 2.75) is 44.1 Å². The highest BCUT2D eigenvalue weighted by Crippen LogP contribution is 2.59. The Morgan fingerprint density at radius 1 is 0.862 bits per heavy atom. The molecule has 0 heterocycles. The first-order valence-corrected chi connectivity index (χ1v) is 12.0. The van der Waals surface area contributed by atoms with Crippen molar-refractivity contribution in [1.29, 1.82) is 0 Å². The summed E-state index contributed by atoms with van der Waals surface area (Å²) in [6.07, 6.45) is 5.07. The normalized spacial score (nSPS) is 18.1. The molecule has 3 rings (SSSR count). The van der Waals surface area contributed by atoms with Gasteiger partial charge >= 0.3 is 0 Å². The van der Waals surface area contributed by atoms with E-state index in [1.54, 1.807) is 0 Å². The van der Waals surface area contributed by atoms with E-state index in [-0.39, 0.29) is 6.10 Å². The van der Waals surface area contributed by atoms with Gasteiger partial charge in [-0.2, -0.15) is 0 Å². The highest BCUT2D eigenvalue weighted by molar-refractivity contribution is 7.67. The van der Waals surface area contributed by atoms with Gasteiger partial charge in [0.25, 0.3) is 7.37 Å². The SMILES string of the molecule is CN(C)c1ccc(C(O)P(=O)(OC2CCCCC2)c2ccc(N(C)C)cc2)cc1. The van der Waals surface area contributed by atoms with E-state index in [4.69, 9.17) is 4.52 Å². The molecule has 0 bridgehead atoms. The van der Waals surface area contributed by atoms with Gasteiger partial charge in [-0.05, 0) is 54.8 Å². The molecule has 0 spiro atoms. The third kappa shape index (κ3) is 5.03. The predicted octanol–water partition coefficient (Wildman–Crippen LogP) is 4.76. The lowest BCUT2D eigenvalue weighted by Gasteiger charge is -2.31. The molecule has 0 radical (unpaired) electrons. The molecule has 0 amide bonds. The van der Waals surface area contributed by atoms with Gasteiger partial charge in [-0.15, -0.1) is 0 Å². The van der Waals surface area contributed by atoms with Crippen molar-refractivity contribution in [3.8, 4) is 0 Å². The van der Waals surface area contributed by atoms with Gasteiger partial charge in [-0.3, -0.25) is 4.57 Å². The number of hydrogen-bond acceptors (Lipinski definition) is 5. The minimum absolute atomic E-state index is 0.0705. The minimum Gasteiger partial charge on any atom is -0.378 e. The zero-order chi connectivity index (χ0) is 21.0. The maximum absolute atomic E-state index is 14.2. The summed E-state index contributed by atoms with van der Waals surface area (Å²) < 4.78 is 20.4. The second kappa shape index (κ2) is 9.34. The fraction of sp³-hybridized carbons (Fsp3) is 0.478. The van der Waals surface area contributed by atoms with Crippen molar-refractivity contribution >= 4 is 24.0 Å². The van der Waals surface area contributed by atoms with E-state index in [0.29, 0.717) is 10.9 Å². The quantitative estimate of drug-likeness (QED) is 0.660. The molecule has 0 aromatic heterocycles. The lowest BCUT2D eigenvalue weighted by molar-refractivity contribution is 0.137. The van der Waals surface area contributed by atoms with E-state index >= 15 is 0 Å². The molecule has 1 saturated carbocycles. The van der Waals surface area contributed by atoms with Crippen LogP contribution in [0.5, 0.6) is 0 Å². The van der Waals surface area contributed by atoms with Gasteiger partial charge in [0, 0.05) is 44.9 Å². The molecule has 2 unspecified atom stereocenters. The molecule has 0 aliphatic heterocycles. The number of benzene rings is 2. The Balaban J connectivity index is 1.95. The van der Waals surface area contributed by atoms with Gasteiger partial charge in [-0.25, -0.2) is 0 Å². The predicted molar refractivity (Wildman–Crippen MR) is 122 cm³/mol. The van der Waals surface area contributed by atoms with Crippen LogP contribution in [0.4, 0.5) is 11.4 Å². The highest BCUT2D eigenvalue weighted by Gasteiger charge is 2.39. The fourth-order valence-corrected chi connectivity index (χ4v) is 6.05. The molecule has 6 heteroatoms. The van der Waals surface area contributed by atoms with E-state index in [1.165, 1.54) is 6.42 Å². The monoisotopic (exact) mass is 416 g/mol. The van der Waals surface area contributed by atoms with Crippen molar-refractivity contribution in [3.05, 3.63) is 54.1 Å². The van der Waals surface area contributed by atoms with E-state index in [9.17, 15) is 9.67 Å². The number of rotatable bonds is 7. The molecular formula is C23H33N2O3P. The summed E-state index contributed by atoms with van der Waals surface area (Å²) in [5.74, 6) is -1.19. The molecule has 2 aromatic rings. The van der Waals surface area contributed by atoms with Crippen LogP contribution >= 0.6 is 7.37 Å². The standard InChI is InChI=1S/C23H33N2O3P/c1-24(2)19-12-10-18(11-13-19)23(26)29(27,28-21-8-6-5-7-9-21)22-16-14-20(15-17-22)25(3)4/h10-17,21,23,26H,5-9H2,1-4H3. The zero-order valence-corrected chi connectivity index (χ0v) is 18.8. The summed E-state index contributed by atoms with van der Waals surface area (Å²) in [6, 6.07) is 15.0. The van der Waals surface area contributed by atoms with E-state index in [0.717, 1.165) is 37.1 Å². The molecule has 2 aromatic carbocycles. The van der Waals surface area contributed by atoms with Crippen LogP contribution in [0.15, 0.2) is 48.5 Å². The Hall–Kier alpha value is -1.81. The maximum Gasteiger partial charge on any atom is 0.264 e. The molecule has 5 nitrogen and oxygen atoms in total. The summed E-state index contributed by atoms with van der Waals surface area (Å²) >= 11 is 0. The second-order valence-corrected chi connectivity index (χ2v) is 10.6. The van der Waals surface area contributed by atoms with Crippen molar-refractivity contribution in [1.82, 2.24) is 0 Å². The molecule has 2 atom stereocenters. The van der Waals surface area contributed by atoms with Crippen molar-refractivity contribution in [3.63, 3.8) is 0 Å². The Kier molecular flexibility index (Phi) is 7.05. The van der Waals surface area contributed by atoms with Gasteiger partial charge in [-0.1, -0.05) is 31.4 Å². The molecule has 1 fully saturated rings. The van der Waals surface area contributed by atoms with Crippen LogP contribution in [0.25, 0.3) is 0 Å². The van der Waals surface area contributed by atoms with E-state index < -0.39 is 13.2 Å². The van der Waals surface area contributed by atoms with Gasteiger partial charge in [0.1, 0.15) is 0 Å². The number of hydrogen-bond donors (Lipinski definition) is 1. The van der Waals surface area contributed by atoms with Crippen LogP contribution in [0.2, 0.25) is 0 Å². The molecule has 1 aliphatic rings. The summed E-state index contributed by atoms with van der Waals surface area (Å²) in [6.45, 7) is 0. The summed E-state index contributed by atoms with van der Waals surface area (Å²) in [7, 11) is 4.35. The molecule has 158 valence electrons. The smallest absolute Gasteiger partial charge is 0.264 e. The largest absolute Gasteiger partial charge is 0.378 e. The number of nitrogens with zero attached hydrogens (tertiary/aromatic N) is 2. The highest BCUT2D eigenvalue weighted by atomic mass is 31.2. The first-order chi connectivity index (χ1) is 13.8. The van der Waals surface area contributed by atoms with E-state index in [2.05, 4.69) is 0 Å². The van der Waals surface area contributed by atoms with Crippen molar-refractivity contribution in [2.24, 2.45) is 0 Å². The summed E-state index contributed by atoms with van der Waals surface area (Å²) in [5.41, 5.74) is 2.66. The molecule has 0 saturated heterocycles. The van der Waals surface area contributed by atoms with Crippen LogP contribution in [0, 0.1) is 0 Å². The Morgan fingerprint density at radius 2 is 1.34 bits per heavy atom. The first kappa shape index (κ1) is 21.9. The number of aliphatic hydroxyl groups is 1. The average molecular weight is 417 g/mol. The van der Waals surface area contributed by atoms with Crippen molar-refractivity contribution < 1.29 is 14.2 Å². The third-order valence-electron chi connectivity index (χ3n) is 5.61. The van der Waals surface area contributed by atoms with Crippen molar-refractivity contribution in [2.75, 3.05) is 38.0 Å². The maximum atomic E-state index is 14.2. The summed E-state index contributed by atoms with van der Waals surface area (Å²) in [5, 5.41) is 11.8. The number of aliphatic hydroxyl groups excluding tert-OH is 1. The Morgan fingerprint density at radius 3 is 1.83 bits per heavy atom. The Labute approximate surface area is 174 Å². The van der Waals surface area contributed by atoms with Crippen LogP contribution in [0.1, 0.15) is 43.5 Å². The van der Waals surface area contributed by atoms with Crippen LogP contribution < -0.4 is 15.1 Å². The van der Waals surface area contributed by atoms with E-state index in [1.807, 2.05) is 86.5 Å². The average Bonchev–Trinajstić information content (AvgIpc) is 2.74. The van der Waals surface area contributed by atoms with Crippen LogP contribution in [-0.4, -0.2) is 39.4 Å². The van der Waals surface area contributed by atoms with Gasteiger partial charge in [0.2, 0.25) is 0 Å². The zero-order valence-electron chi connectivity index (χ0n) is 17.9. The summed E-state index contributed by atoms with van der Waals surface area (Å²) in [4.78, 5) is 3.99. The lowest BCUT2D eigenvalue weighted by Crippen LogP contribution is -2.22. The van der Waals surface area contributed by atoms with Gasteiger partial charge < -0.3 is 19.4 Å². The lowest BCUT2D eigenvalue weighted by atomic mass is 9.98. The third-order valence-corrected chi connectivity index (χ3v) is 8.18. The van der Waals surface area contributed by atoms with Gasteiger partial charge in [0.05, 0.1) is 6.10 Å². The molecule has 29 heavy (non-hydrogen) atoms.